The Kier molecular flexibility index (Phi) is 6.53. The molecule has 1 atom stereocenters. The molecule has 1 saturated heterocycles. The molecule has 2 rings (SSSR count). The van der Waals surface area contributed by atoms with Crippen LogP contribution >= 0.6 is 67.8 Å². The second kappa shape index (κ2) is 7.75. The fourth-order valence-electron chi connectivity index (χ4n) is 2.40. The Morgan fingerprint density at radius 3 is 2.67 bits per heavy atom. The predicted molar refractivity (Wildman–Crippen MR) is 105 cm³/mol. The van der Waals surface area contributed by atoms with Crippen molar-refractivity contribution in [2.75, 3.05) is 20.2 Å². The van der Waals surface area contributed by atoms with Gasteiger partial charge in [-0.3, -0.25) is 9.59 Å². The number of nitrogens with zero attached hydrogens (tertiary/aromatic N) is 1. The number of carbonyl (C=O) groups excluding carboxylic acids is 2. The highest BCUT2D eigenvalue weighted by molar-refractivity contribution is 14.1. The Labute approximate surface area is 164 Å². The third-order valence-corrected chi connectivity index (χ3v) is 7.13. The quantitative estimate of drug-likeness (QED) is 0.288. The summed E-state index contributed by atoms with van der Waals surface area (Å²) in [5.74, 6) is -0.420. The van der Waals surface area contributed by atoms with Crippen molar-refractivity contribution in [1.29, 1.82) is 0 Å². The van der Waals surface area contributed by atoms with Crippen molar-refractivity contribution in [3.63, 3.8) is 0 Å². The number of amides is 1. The third kappa shape index (κ3) is 4.21. The van der Waals surface area contributed by atoms with Crippen LogP contribution in [0.5, 0.6) is 0 Å². The van der Waals surface area contributed by atoms with Crippen LogP contribution in [0.4, 0.5) is 0 Å². The molecule has 1 unspecified atom stereocenters. The van der Waals surface area contributed by atoms with Gasteiger partial charge in [0.1, 0.15) is 0 Å². The van der Waals surface area contributed by atoms with Crippen LogP contribution in [0.3, 0.4) is 0 Å². The molecule has 0 bridgehead atoms. The van der Waals surface area contributed by atoms with E-state index in [0.29, 0.717) is 13.1 Å². The van der Waals surface area contributed by atoms with Crippen molar-refractivity contribution < 1.29 is 14.3 Å². The Morgan fingerprint density at radius 2 is 2.00 bits per heavy atom. The Hall–Kier alpha value is 0.350. The summed E-state index contributed by atoms with van der Waals surface area (Å²) in [6.45, 7) is 1.15. The highest BCUT2D eigenvalue weighted by Gasteiger charge is 2.30. The van der Waals surface area contributed by atoms with Crippen LogP contribution in [0.25, 0.3) is 0 Å². The molecule has 0 N–H and O–H groups in total. The number of rotatable bonds is 2. The molecule has 21 heavy (non-hydrogen) atoms. The highest BCUT2D eigenvalue weighted by atomic mass is 127. The third-order valence-electron chi connectivity index (χ3n) is 3.47. The predicted octanol–water partition coefficient (Wildman–Crippen LogP) is 3.53. The number of hydrogen-bond acceptors (Lipinski definition) is 3. The minimum atomic E-state index is -0.223. The van der Waals surface area contributed by atoms with Crippen LogP contribution < -0.4 is 0 Å². The maximum Gasteiger partial charge on any atom is 0.310 e. The number of ether oxygens (including phenoxy) is 1. The fourth-order valence-corrected chi connectivity index (χ4v) is 4.79. The van der Waals surface area contributed by atoms with Gasteiger partial charge in [0.05, 0.1) is 18.6 Å². The zero-order valence-corrected chi connectivity index (χ0v) is 17.8. The summed E-state index contributed by atoms with van der Waals surface area (Å²) < 4.78 is 7.89. The summed E-state index contributed by atoms with van der Waals surface area (Å²) in [6.07, 6.45) is 1.63. The smallest absolute Gasteiger partial charge is 0.310 e. The van der Waals surface area contributed by atoms with Gasteiger partial charge in [0.15, 0.2) is 0 Å². The minimum absolute atomic E-state index is 0.00411. The molecule has 1 amide bonds. The maximum atomic E-state index is 12.7. The SMILES string of the molecule is COC(=O)C1CCCN(C(=O)c2cc(I)cc(I)c2I)C1. The molecule has 0 aromatic heterocycles. The first-order valence-electron chi connectivity index (χ1n) is 6.45. The van der Waals surface area contributed by atoms with Crippen LogP contribution in [0.2, 0.25) is 0 Å². The number of likely N-dealkylation sites (tertiary alicyclic amines) is 1. The minimum Gasteiger partial charge on any atom is -0.469 e. The second-order valence-electron chi connectivity index (χ2n) is 4.86. The first-order chi connectivity index (χ1) is 9.93. The maximum absolute atomic E-state index is 12.7. The molecule has 0 radical (unpaired) electrons. The van der Waals surface area contributed by atoms with Gasteiger partial charge in [-0.05, 0) is 92.7 Å². The van der Waals surface area contributed by atoms with Crippen LogP contribution in [0.15, 0.2) is 12.1 Å². The van der Waals surface area contributed by atoms with E-state index >= 15 is 0 Å². The topological polar surface area (TPSA) is 46.6 Å². The summed E-state index contributed by atoms with van der Waals surface area (Å²) in [5, 5.41) is 0. The molecule has 1 fully saturated rings. The van der Waals surface area contributed by atoms with Gasteiger partial charge in [0, 0.05) is 23.8 Å². The first kappa shape index (κ1) is 17.7. The Bertz CT molecular complexity index is 577. The lowest BCUT2D eigenvalue weighted by molar-refractivity contribution is -0.146. The number of hydrogen-bond donors (Lipinski definition) is 0. The average molecular weight is 625 g/mol. The number of benzene rings is 1. The van der Waals surface area contributed by atoms with Crippen molar-refractivity contribution in [2.45, 2.75) is 12.8 Å². The molecular formula is C14H14I3NO3. The monoisotopic (exact) mass is 625 g/mol. The number of methoxy groups -OCH3 is 1. The molecule has 4 nitrogen and oxygen atoms in total. The molecule has 1 aromatic carbocycles. The number of esters is 1. The number of piperidine rings is 1. The zero-order chi connectivity index (χ0) is 15.6. The lowest BCUT2D eigenvalue weighted by Crippen LogP contribution is -2.43. The summed E-state index contributed by atoms with van der Waals surface area (Å²) in [6, 6.07) is 3.96. The van der Waals surface area contributed by atoms with E-state index in [-0.39, 0.29) is 17.8 Å². The Balaban J connectivity index is 2.22. The van der Waals surface area contributed by atoms with E-state index in [1.807, 2.05) is 12.1 Å². The van der Waals surface area contributed by atoms with Crippen molar-refractivity contribution in [3.05, 3.63) is 28.4 Å². The molecule has 1 aliphatic rings. The largest absolute Gasteiger partial charge is 0.469 e. The van der Waals surface area contributed by atoms with Crippen molar-refractivity contribution >= 4 is 79.6 Å². The highest BCUT2D eigenvalue weighted by Crippen LogP contribution is 2.26. The summed E-state index contributed by atoms with van der Waals surface area (Å²) >= 11 is 6.67. The van der Waals surface area contributed by atoms with Gasteiger partial charge in [-0.1, -0.05) is 0 Å². The summed E-state index contributed by atoms with van der Waals surface area (Å²) in [7, 11) is 1.40. The molecular weight excluding hydrogens is 611 g/mol. The lowest BCUT2D eigenvalue weighted by Gasteiger charge is -2.31. The average Bonchev–Trinajstić information content (AvgIpc) is 2.49. The van der Waals surface area contributed by atoms with Crippen molar-refractivity contribution in [1.82, 2.24) is 4.90 Å². The fraction of sp³-hybridized carbons (Fsp3) is 0.429. The molecule has 0 aliphatic carbocycles. The summed E-state index contributed by atoms with van der Waals surface area (Å²) in [4.78, 5) is 26.2. The van der Waals surface area contributed by atoms with Crippen LogP contribution in [-0.2, 0) is 9.53 Å². The van der Waals surface area contributed by atoms with E-state index in [1.54, 1.807) is 4.90 Å². The molecule has 7 heteroatoms. The second-order valence-corrected chi connectivity index (χ2v) is 8.35. The van der Waals surface area contributed by atoms with Crippen LogP contribution in [-0.4, -0.2) is 37.0 Å². The van der Waals surface area contributed by atoms with Gasteiger partial charge in [-0.25, -0.2) is 0 Å². The lowest BCUT2D eigenvalue weighted by atomic mass is 9.97. The molecule has 1 aliphatic heterocycles. The van der Waals surface area contributed by atoms with Gasteiger partial charge in [0.2, 0.25) is 0 Å². The van der Waals surface area contributed by atoms with Crippen LogP contribution in [0.1, 0.15) is 23.2 Å². The van der Waals surface area contributed by atoms with Gasteiger partial charge < -0.3 is 9.64 Å². The molecule has 114 valence electrons. The van der Waals surface area contributed by atoms with Crippen molar-refractivity contribution in [2.24, 2.45) is 5.92 Å². The van der Waals surface area contributed by atoms with Crippen LogP contribution in [0, 0.1) is 16.6 Å². The molecule has 0 saturated carbocycles. The zero-order valence-electron chi connectivity index (χ0n) is 11.4. The van der Waals surface area contributed by atoms with E-state index in [0.717, 1.165) is 29.1 Å². The van der Waals surface area contributed by atoms with E-state index in [4.69, 9.17) is 4.74 Å². The first-order valence-corrected chi connectivity index (χ1v) is 9.69. The van der Waals surface area contributed by atoms with Gasteiger partial charge in [0.25, 0.3) is 5.91 Å². The van der Waals surface area contributed by atoms with Crippen molar-refractivity contribution in [3.8, 4) is 0 Å². The van der Waals surface area contributed by atoms with E-state index in [1.165, 1.54) is 7.11 Å². The Morgan fingerprint density at radius 1 is 1.29 bits per heavy atom. The number of carbonyl (C=O) groups is 2. The summed E-state index contributed by atoms with van der Waals surface area (Å²) in [5.41, 5.74) is 0.720. The normalized spacial score (nSPS) is 18.5. The molecule has 0 spiro atoms. The van der Waals surface area contributed by atoms with E-state index in [9.17, 15) is 9.59 Å². The standard InChI is InChI=1S/C14H14I3NO3/c1-21-14(20)8-3-2-4-18(7-8)13(19)10-5-9(15)6-11(16)12(10)17/h5-6,8H,2-4,7H2,1H3. The van der Waals surface area contributed by atoms with Gasteiger partial charge in [-0.15, -0.1) is 0 Å². The van der Waals surface area contributed by atoms with Gasteiger partial charge in [-0.2, -0.15) is 0 Å². The van der Waals surface area contributed by atoms with Gasteiger partial charge >= 0.3 is 5.97 Å². The molecule has 1 heterocycles. The van der Waals surface area contributed by atoms with E-state index < -0.39 is 0 Å². The number of halogens is 3. The molecule has 1 aromatic rings. The van der Waals surface area contributed by atoms with E-state index in [2.05, 4.69) is 67.8 Å².